The van der Waals surface area contributed by atoms with Crippen LogP contribution in [0.15, 0.2) is 0 Å². The second-order valence-electron chi connectivity index (χ2n) is 4.61. The molecule has 78 valence electrons. The van der Waals surface area contributed by atoms with Gasteiger partial charge in [0.1, 0.15) is 12.1 Å². The Kier molecular flexibility index (Phi) is 1.84. The lowest BCUT2D eigenvalue weighted by Gasteiger charge is -2.40. The fourth-order valence-electron chi connectivity index (χ4n) is 2.07. The van der Waals surface area contributed by atoms with Crippen molar-refractivity contribution in [3.8, 4) is 0 Å². The zero-order chi connectivity index (χ0) is 10.5. The van der Waals surface area contributed by atoms with E-state index >= 15 is 0 Å². The first-order valence-corrected chi connectivity index (χ1v) is 5.09. The van der Waals surface area contributed by atoms with E-state index in [-0.39, 0.29) is 29.4 Å². The maximum atomic E-state index is 11.9. The SMILES string of the molecule is CC1NC(=O)C(C)N(C2(C)CC2)C1=O. The van der Waals surface area contributed by atoms with Crippen LogP contribution in [0.5, 0.6) is 0 Å². The average Bonchev–Trinajstić information content (AvgIpc) is 2.81. The molecular weight excluding hydrogens is 180 g/mol. The molecule has 0 aromatic heterocycles. The number of carbonyl (C=O) groups excluding carboxylic acids is 2. The van der Waals surface area contributed by atoms with E-state index in [1.54, 1.807) is 18.7 Å². The highest BCUT2D eigenvalue weighted by molar-refractivity contribution is 5.97. The fraction of sp³-hybridized carbons (Fsp3) is 0.800. The second kappa shape index (κ2) is 2.72. The van der Waals surface area contributed by atoms with Crippen molar-refractivity contribution in [1.29, 1.82) is 0 Å². The highest BCUT2D eigenvalue weighted by Crippen LogP contribution is 2.43. The van der Waals surface area contributed by atoms with Crippen molar-refractivity contribution in [3.05, 3.63) is 0 Å². The van der Waals surface area contributed by atoms with Gasteiger partial charge in [0.25, 0.3) is 0 Å². The molecule has 1 saturated heterocycles. The van der Waals surface area contributed by atoms with Gasteiger partial charge in [-0.15, -0.1) is 0 Å². The fourth-order valence-corrected chi connectivity index (χ4v) is 2.07. The first-order chi connectivity index (χ1) is 6.46. The molecule has 0 aromatic carbocycles. The van der Waals surface area contributed by atoms with Crippen LogP contribution in [0.2, 0.25) is 0 Å². The zero-order valence-corrected chi connectivity index (χ0v) is 8.83. The summed E-state index contributed by atoms with van der Waals surface area (Å²) in [5.41, 5.74) is -0.0531. The molecule has 0 radical (unpaired) electrons. The number of amides is 2. The molecule has 4 heteroatoms. The molecule has 1 N–H and O–H groups in total. The highest BCUT2D eigenvalue weighted by atomic mass is 16.2. The van der Waals surface area contributed by atoms with Crippen LogP contribution in [0.3, 0.4) is 0 Å². The van der Waals surface area contributed by atoms with Crippen molar-refractivity contribution in [2.45, 2.75) is 51.2 Å². The van der Waals surface area contributed by atoms with E-state index in [0.29, 0.717) is 0 Å². The van der Waals surface area contributed by atoms with Gasteiger partial charge in [0.2, 0.25) is 11.8 Å². The largest absolute Gasteiger partial charge is 0.343 e. The molecule has 0 spiro atoms. The predicted octanol–water partition coefficient (Wildman–Crippen LogP) is 0.274. The molecule has 1 aliphatic heterocycles. The van der Waals surface area contributed by atoms with Crippen molar-refractivity contribution >= 4 is 11.8 Å². The molecule has 2 aliphatic rings. The van der Waals surface area contributed by atoms with E-state index in [9.17, 15) is 9.59 Å². The van der Waals surface area contributed by atoms with Gasteiger partial charge in [-0.25, -0.2) is 0 Å². The number of nitrogens with zero attached hydrogens (tertiary/aromatic N) is 1. The standard InChI is InChI=1S/C10H16N2O2/c1-6-9(14)12(10(3)4-5-10)7(2)8(13)11-6/h6-7H,4-5H2,1-3H3,(H,11,13). The maximum absolute atomic E-state index is 11.9. The van der Waals surface area contributed by atoms with E-state index in [2.05, 4.69) is 5.32 Å². The third-order valence-electron chi connectivity index (χ3n) is 3.29. The van der Waals surface area contributed by atoms with Gasteiger partial charge >= 0.3 is 0 Å². The summed E-state index contributed by atoms with van der Waals surface area (Å²) in [5, 5.41) is 2.68. The van der Waals surface area contributed by atoms with E-state index in [1.807, 2.05) is 6.92 Å². The van der Waals surface area contributed by atoms with E-state index in [0.717, 1.165) is 12.8 Å². The summed E-state index contributed by atoms with van der Waals surface area (Å²) in [4.78, 5) is 25.2. The van der Waals surface area contributed by atoms with Crippen molar-refractivity contribution in [1.82, 2.24) is 10.2 Å². The second-order valence-corrected chi connectivity index (χ2v) is 4.61. The lowest BCUT2D eigenvalue weighted by atomic mass is 10.1. The molecular formula is C10H16N2O2. The van der Waals surface area contributed by atoms with Crippen LogP contribution in [-0.2, 0) is 9.59 Å². The minimum absolute atomic E-state index is 0.0368. The molecule has 4 nitrogen and oxygen atoms in total. The van der Waals surface area contributed by atoms with Gasteiger partial charge < -0.3 is 10.2 Å². The molecule has 0 bridgehead atoms. The Morgan fingerprint density at radius 3 is 2.43 bits per heavy atom. The van der Waals surface area contributed by atoms with Crippen molar-refractivity contribution in [2.75, 3.05) is 0 Å². The number of hydrogen-bond donors (Lipinski definition) is 1. The summed E-state index contributed by atoms with van der Waals surface area (Å²) in [6, 6.07) is -0.678. The monoisotopic (exact) mass is 196 g/mol. The molecule has 2 rings (SSSR count). The maximum Gasteiger partial charge on any atom is 0.245 e. The third kappa shape index (κ3) is 1.21. The molecule has 2 unspecified atom stereocenters. The van der Waals surface area contributed by atoms with Gasteiger partial charge in [0, 0.05) is 5.54 Å². The lowest BCUT2D eigenvalue weighted by Crippen LogP contribution is -2.64. The average molecular weight is 196 g/mol. The molecule has 1 heterocycles. The Bertz CT molecular complexity index is 296. The Morgan fingerprint density at radius 2 is 1.93 bits per heavy atom. The van der Waals surface area contributed by atoms with Gasteiger partial charge in [-0.3, -0.25) is 9.59 Å². The van der Waals surface area contributed by atoms with Gasteiger partial charge in [-0.1, -0.05) is 0 Å². The molecule has 2 amide bonds. The number of hydrogen-bond acceptors (Lipinski definition) is 2. The van der Waals surface area contributed by atoms with E-state index in [1.165, 1.54) is 0 Å². The summed E-state index contributed by atoms with van der Waals surface area (Å²) in [6.45, 7) is 5.58. The molecule has 14 heavy (non-hydrogen) atoms. The van der Waals surface area contributed by atoms with Crippen molar-refractivity contribution in [3.63, 3.8) is 0 Å². The summed E-state index contributed by atoms with van der Waals surface area (Å²) < 4.78 is 0. The minimum atomic E-state index is -0.365. The van der Waals surface area contributed by atoms with Gasteiger partial charge in [0.15, 0.2) is 0 Å². The van der Waals surface area contributed by atoms with Crippen LogP contribution in [0.25, 0.3) is 0 Å². The van der Waals surface area contributed by atoms with Gasteiger partial charge in [-0.2, -0.15) is 0 Å². The molecule has 2 fully saturated rings. The van der Waals surface area contributed by atoms with E-state index < -0.39 is 0 Å². The normalized spacial score (nSPS) is 35.5. The van der Waals surface area contributed by atoms with Crippen LogP contribution in [0.4, 0.5) is 0 Å². The van der Waals surface area contributed by atoms with Crippen molar-refractivity contribution in [2.24, 2.45) is 0 Å². The Labute approximate surface area is 83.6 Å². The number of piperazine rings is 1. The summed E-state index contributed by atoms with van der Waals surface area (Å²) in [6.07, 6.45) is 2.03. The van der Waals surface area contributed by atoms with E-state index in [4.69, 9.17) is 0 Å². The Morgan fingerprint density at radius 1 is 1.36 bits per heavy atom. The van der Waals surface area contributed by atoms with Crippen LogP contribution < -0.4 is 5.32 Å². The lowest BCUT2D eigenvalue weighted by molar-refractivity contribution is -0.151. The van der Waals surface area contributed by atoms with Gasteiger partial charge in [-0.05, 0) is 33.6 Å². The quantitative estimate of drug-likeness (QED) is 0.654. The molecule has 0 aromatic rings. The topological polar surface area (TPSA) is 49.4 Å². The number of rotatable bonds is 1. The van der Waals surface area contributed by atoms with Crippen LogP contribution in [0.1, 0.15) is 33.6 Å². The Balaban J connectivity index is 2.26. The highest BCUT2D eigenvalue weighted by Gasteiger charge is 2.52. The molecule has 1 aliphatic carbocycles. The van der Waals surface area contributed by atoms with Gasteiger partial charge in [0.05, 0.1) is 0 Å². The minimum Gasteiger partial charge on any atom is -0.343 e. The number of nitrogens with one attached hydrogen (secondary N) is 1. The first kappa shape index (κ1) is 9.49. The zero-order valence-electron chi connectivity index (χ0n) is 8.83. The van der Waals surface area contributed by atoms with Crippen LogP contribution in [-0.4, -0.2) is 34.3 Å². The smallest absolute Gasteiger partial charge is 0.245 e. The predicted molar refractivity (Wildman–Crippen MR) is 51.6 cm³/mol. The Hall–Kier alpha value is -1.06. The first-order valence-electron chi connectivity index (χ1n) is 5.09. The molecule has 2 atom stereocenters. The summed E-state index contributed by atoms with van der Waals surface area (Å²) >= 11 is 0. The van der Waals surface area contributed by atoms with Crippen LogP contribution in [0, 0.1) is 0 Å². The number of carbonyl (C=O) groups is 2. The molecule has 1 saturated carbocycles. The van der Waals surface area contributed by atoms with Crippen LogP contribution >= 0.6 is 0 Å². The summed E-state index contributed by atoms with van der Waals surface area (Å²) in [5.74, 6) is 0.0160. The van der Waals surface area contributed by atoms with Crippen molar-refractivity contribution < 1.29 is 9.59 Å². The third-order valence-corrected chi connectivity index (χ3v) is 3.29. The summed E-state index contributed by atoms with van der Waals surface area (Å²) in [7, 11) is 0.